The van der Waals surface area contributed by atoms with Crippen molar-refractivity contribution in [2.45, 2.75) is 96.6 Å². The summed E-state index contributed by atoms with van der Waals surface area (Å²) in [6, 6.07) is 13.2. The van der Waals surface area contributed by atoms with E-state index in [1.54, 1.807) is 23.1 Å². The number of piperidine rings is 3. The molecule has 5 aromatic rings. The summed E-state index contributed by atoms with van der Waals surface area (Å²) in [7, 11) is 1.50. The zero-order valence-electron chi connectivity index (χ0n) is 44.3. The minimum Gasteiger partial charge on any atom is -0.468 e. The second-order valence-electron chi connectivity index (χ2n) is 24.1. The number of nitrogens with one attached hydrogen (secondary N) is 1. The maximum atomic E-state index is 17.6. The van der Waals surface area contributed by atoms with E-state index in [-0.39, 0.29) is 59.0 Å². The highest BCUT2D eigenvalue weighted by molar-refractivity contribution is 6.06. The van der Waals surface area contributed by atoms with Crippen molar-refractivity contribution >= 4 is 50.9 Å². The van der Waals surface area contributed by atoms with Gasteiger partial charge in [0, 0.05) is 94.5 Å². The molecule has 1 aromatic heterocycles. The smallest absolute Gasteiger partial charge is 0.319 e. The molecule has 5 aliphatic heterocycles. The SMILES string of the molecule is CCc1c(F)ccc2cc(OCOC)cc(-c3c(F)cc4c(N5CC6CCC(C6)C5)nc(OCC5(CN6CCC7(CC6)CC(CN6CCN(c8ccc9c(c8)CN([C@H]8CCC(=O)NC8=O)C9=O)CC6)C7)CC5)nc4c3F)c12. The molecule has 3 amide bonds. The van der Waals surface area contributed by atoms with Gasteiger partial charge in [0.1, 0.15) is 34.8 Å². The normalized spacial score (nSPS) is 24.2. The van der Waals surface area contributed by atoms with E-state index in [0.717, 1.165) is 109 Å². The third kappa shape index (κ3) is 9.55. The van der Waals surface area contributed by atoms with E-state index in [1.807, 2.05) is 19.1 Å². The van der Waals surface area contributed by atoms with E-state index in [4.69, 9.17) is 24.2 Å². The number of methoxy groups -OCH3 is 1. The van der Waals surface area contributed by atoms with E-state index < -0.39 is 23.5 Å². The summed E-state index contributed by atoms with van der Waals surface area (Å²) in [5, 5.41) is 3.71. The molecule has 17 heteroatoms. The van der Waals surface area contributed by atoms with Gasteiger partial charge >= 0.3 is 6.01 Å². The van der Waals surface area contributed by atoms with Crippen LogP contribution in [0, 0.1) is 46.0 Å². The first-order valence-corrected chi connectivity index (χ1v) is 28.3. The number of likely N-dealkylation sites (tertiary alicyclic amines) is 1. The van der Waals surface area contributed by atoms with Crippen molar-refractivity contribution in [1.82, 2.24) is 30.0 Å². The van der Waals surface area contributed by atoms with Gasteiger partial charge in [0.15, 0.2) is 12.6 Å². The number of carbonyl (C=O) groups excluding carboxylic acids is 3. The number of aromatic nitrogens is 2. The summed E-state index contributed by atoms with van der Waals surface area (Å²) < 4.78 is 67.5. The first-order valence-electron chi connectivity index (χ1n) is 28.3. The third-order valence-electron chi connectivity index (χ3n) is 19.0. The molecule has 1 spiro atoms. The Balaban J connectivity index is 0.644. The van der Waals surface area contributed by atoms with Crippen LogP contribution in [-0.4, -0.2) is 134 Å². The van der Waals surface area contributed by atoms with E-state index in [2.05, 4.69) is 31.0 Å². The van der Waals surface area contributed by atoms with E-state index in [9.17, 15) is 14.4 Å². The van der Waals surface area contributed by atoms with Crippen molar-refractivity contribution in [3.05, 3.63) is 82.7 Å². The third-order valence-corrected chi connectivity index (χ3v) is 19.0. The van der Waals surface area contributed by atoms with Gasteiger partial charge in [0.05, 0.1) is 12.2 Å². The van der Waals surface area contributed by atoms with Gasteiger partial charge in [-0.1, -0.05) is 13.0 Å². The number of ether oxygens (including phenoxy) is 3. The molecule has 7 fully saturated rings. The first-order chi connectivity index (χ1) is 37.3. The molecule has 2 bridgehead atoms. The lowest BCUT2D eigenvalue weighted by atomic mass is 9.57. The van der Waals surface area contributed by atoms with Crippen LogP contribution < -0.4 is 24.6 Å². The zero-order valence-corrected chi connectivity index (χ0v) is 44.3. The van der Waals surface area contributed by atoms with Crippen LogP contribution in [0.25, 0.3) is 32.8 Å². The molecule has 6 heterocycles. The van der Waals surface area contributed by atoms with Crippen molar-refractivity contribution in [1.29, 1.82) is 0 Å². The molecule has 8 aliphatic rings. The van der Waals surface area contributed by atoms with E-state index in [0.29, 0.717) is 88.0 Å². The summed E-state index contributed by atoms with van der Waals surface area (Å²) >= 11 is 0. The van der Waals surface area contributed by atoms with E-state index >= 15 is 13.2 Å². The number of imide groups is 1. The number of halogens is 3. The van der Waals surface area contributed by atoms with Crippen molar-refractivity contribution < 1.29 is 41.8 Å². The Labute approximate surface area is 447 Å². The lowest BCUT2D eigenvalue weighted by molar-refractivity contribution is -0.136. The van der Waals surface area contributed by atoms with Gasteiger partial charge in [-0.2, -0.15) is 9.97 Å². The Morgan fingerprint density at radius 2 is 1.57 bits per heavy atom. The number of rotatable bonds is 15. The van der Waals surface area contributed by atoms with Crippen LogP contribution >= 0.6 is 0 Å². The average molecular weight is 1060 g/mol. The predicted molar refractivity (Wildman–Crippen MR) is 286 cm³/mol. The number of hydrogen-bond donors (Lipinski definition) is 1. The fourth-order valence-electron chi connectivity index (χ4n) is 14.8. The summed E-state index contributed by atoms with van der Waals surface area (Å²) in [5.74, 6) is -0.334. The van der Waals surface area contributed by atoms with Crippen LogP contribution in [0.3, 0.4) is 0 Å². The minimum atomic E-state index is -0.843. The fourth-order valence-corrected chi connectivity index (χ4v) is 14.8. The quantitative estimate of drug-likeness (QED) is 0.0794. The molecule has 0 radical (unpaired) electrons. The number of amides is 3. The highest BCUT2D eigenvalue weighted by atomic mass is 19.1. The predicted octanol–water partition coefficient (Wildman–Crippen LogP) is 8.88. The van der Waals surface area contributed by atoms with Crippen molar-refractivity contribution in [2.24, 2.45) is 28.6 Å². The molecular formula is C60H69F3N8O6. The van der Waals surface area contributed by atoms with Crippen LogP contribution in [0.15, 0.2) is 48.5 Å². The second kappa shape index (κ2) is 20.0. The number of aryl methyl sites for hydroxylation is 1. The van der Waals surface area contributed by atoms with Crippen molar-refractivity contribution in [3.63, 3.8) is 0 Å². The molecule has 4 saturated heterocycles. The molecule has 14 nitrogen and oxygen atoms in total. The second-order valence-corrected chi connectivity index (χ2v) is 24.1. The maximum absolute atomic E-state index is 17.6. The molecule has 3 saturated carbocycles. The maximum Gasteiger partial charge on any atom is 0.319 e. The van der Waals surface area contributed by atoms with Crippen LogP contribution in [0.5, 0.6) is 11.8 Å². The minimum absolute atomic E-state index is 0.0187. The Morgan fingerprint density at radius 3 is 2.30 bits per heavy atom. The number of carbonyl (C=O) groups is 3. The molecule has 2 unspecified atom stereocenters. The van der Waals surface area contributed by atoms with Gasteiger partial charge in [-0.3, -0.25) is 24.6 Å². The standard InChI is InChI=1S/C60H69F3N8O6/c1-3-43-47(61)9-6-39-24-42(77-35-75-2)25-45(51(39)43)52-48(62)26-46-54(53(52)63)65-58(66-55(46)70-30-36-4-5-37(22-36)31-70)76-34-60(12-13-60)33-68-16-14-59(15-17-68)27-38(28-59)29-67-18-20-69(21-19-67)41-7-8-44-40(23-41)32-71(57(44)74)49-10-11-50(72)64-56(49)73/h6-9,23-26,36-38,49H,3-5,10-22,27-35H2,1-2H3,(H,64,72,73)/t36?,37?,49-/m0/s1. The summed E-state index contributed by atoms with van der Waals surface area (Å²) in [6.45, 7) is 12.1. The van der Waals surface area contributed by atoms with Gasteiger partial charge in [-0.25, -0.2) is 13.2 Å². The molecule has 1 N–H and O–H groups in total. The number of hydrogen-bond acceptors (Lipinski definition) is 12. The largest absolute Gasteiger partial charge is 0.468 e. The summed E-state index contributed by atoms with van der Waals surface area (Å²) in [4.78, 5) is 58.7. The number of benzene rings is 4. The van der Waals surface area contributed by atoms with Gasteiger partial charge in [-0.05, 0) is 177 Å². The van der Waals surface area contributed by atoms with Crippen LogP contribution in [0.2, 0.25) is 0 Å². The summed E-state index contributed by atoms with van der Waals surface area (Å²) in [6.07, 6.45) is 11.4. The number of piperazine rings is 1. The Kier molecular flexibility index (Phi) is 13.1. The topological polar surface area (TPSA) is 133 Å². The summed E-state index contributed by atoms with van der Waals surface area (Å²) in [5.41, 5.74) is 3.31. The molecular weight excluding hydrogens is 986 g/mol. The van der Waals surface area contributed by atoms with E-state index in [1.165, 1.54) is 44.9 Å². The van der Waals surface area contributed by atoms with Gasteiger partial charge < -0.3 is 33.8 Å². The Morgan fingerprint density at radius 1 is 0.792 bits per heavy atom. The van der Waals surface area contributed by atoms with Gasteiger partial charge in [-0.15, -0.1) is 0 Å². The highest BCUT2D eigenvalue weighted by Crippen LogP contribution is 2.54. The highest BCUT2D eigenvalue weighted by Gasteiger charge is 2.50. The van der Waals surface area contributed by atoms with Crippen LogP contribution in [-0.2, 0) is 27.3 Å². The zero-order chi connectivity index (χ0) is 52.7. The number of anilines is 2. The monoisotopic (exact) mass is 1050 g/mol. The molecule has 406 valence electrons. The lowest BCUT2D eigenvalue weighted by Crippen LogP contribution is -2.53. The van der Waals surface area contributed by atoms with Gasteiger partial charge in [0.25, 0.3) is 5.91 Å². The van der Waals surface area contributed by atoms with Crippen LogP contribution in [0.1, 0.15) is 99.0 Å². The fraction of sp³-hybridized carbons (Fsp3) is 0.550. The Bertz CT molecular complexity index is 3150. The number of nitrogens with zero attached hydrogens (tertiary/aromatic N) is 7. The molecule has 77 heavy (non-hydrogen) atoms. The van der Waals surface area contributed by atoms with Gasteiger partial charge in [0.2, 0.25) is 11.8 Å². The average Bonchev–Trinajstić information content (AvgIpc) is 4.09. The molecule has 3 aliphatic carbocycles. The Hall–Kier alpha value is -6.04. The first kappa shape index (κ1) is 50.5. The molecule has 4 aromatic carbocycles. The molecule has 13 rings (SSSR count). The molecule has 3 atom stereocenters. The van der Waals surface area contributed by atoms with Crippen LogP contribution in [0.4, 0.5) is 24.7 Å². The lowest BCUT2D eigenvalue weighted by Gasteiger charge is -2.54. The van der Waals surface area contributed by atoms with Crippen molar-refractivity contribution in [2.75, 3.05) is 95.8 Å². The number of fused-ring (bicyclic) bond motifs is 5. The van der Waals surface area contributed by atoms with Crippen molar-refractivity contribution in [3.8, 4) is 22.9 Å².